The predicted molar refractivity (Wildman–Crippen MR) is 64.4 cm³/mol. The van der Waals surface area contributed by atoms with Crippen molar-refractivity contribution >= 4 is 11.5 Å². The van der Waals surface area contributed by atoms with Crippen LogP contribution in [0.2, 0.25) is 0 Å². The van der Waals surface area contributed by atoms with E-state index in [1.54, 1.807) is 4.68 Å². The van der Waals surface area contributed by atoms with Crippen LogP contribution in [-0.2, 0) is 11.8 Å². The molecule has 90 valence electrons. The Hall–Kier alpha value is -1.23. The van der Waals surface area contributed by atoms with Crippen LogP contribution in [0.1, 0.15) is 18.5 Å². The predicted octanol–water partition coefficient (Wildman–Crippen LogP) is 1.15. The highest BCUT2D eigenvalue weighted by molar-refractivity contribution is 5.64. The van der Waals surface area contributed by atoms with Crippen molar-refractivity contribution < 1.29 is 4.74 Å². The van der Waals surface area contributed by atoms with Crippen molar-refractivity contribution in [2.24, 2.45) is 13.0 Å². The second-order valence-electron chi connectivity index (χ2n) is 4.42. The minimum absolute atomic E-state index is 0.697. The molecule has 1 aromatic heterocycles. The number of aromatic nitrogens is 2. The van der Waals surface area contributed by atoms with Crippen LogP contribution in [0.4, 0.5) is 11.5 Å². The first-order valence-corrected chi connectivity index (χ1v) is 5.79. The lowest BCUT2D eigenvalue weighted by molar-refractivity contribution is 0.185. The maximum Gasteiger partial charge on any atom is 0.147 e. The van der Waals surface area contributed by atoms with Gasteiger partial charge < -0.3 is 15.8 Å². The third kappa shape index (κ3) is 2.29. The molecule has 0 aromatic carbocycles. The molecule has 5 heteroatoms. The van der Waals surface area contributed by atoms with E-state index in [2.05, 4.69) is 10.4 Å². The molecule has 0 amide bonds. The van der Waals surface area contributed by atoms with Crippen LogP contribution < -0.4 is 11.1 Å². The number of anilines is 2. The van der Waals surface area contributed by atoms with Crippen molar-refractivity contribution in [2.45, 2.75) is 19.8 Å². The smallest absolute Gasteiger partial charge is 0.147 e. The normalized spacial score (nSPS) is 20.2. The van der Waals surface area contributed by atoms with Crippen molar-refractivity contribution in [1.29, 1.82) is 0 Å². The van der Waals surface area contributed by atoms with E-state index in [9.17, 15) is 0 Å². The maximum atomic E-state index is 5.93. The topological polar surface area (TPSA) is 65.1 Å². The molecular formula is C11H20N4O. The maximum absolute atomic E-state index is 5.93. The van der Waals surface area contributed by atoms with Crippen molar-refractivity contribution in [3.05, 3.63) is 5.69 Å². The second-order valence-corrected chi connectivity index (χ2v) is 4.42. The molecule has 1 aliphatic heterocycles. The van der Waals surface area contributed by atoms with Gasteiger partial charge in [-0.05, 0) is 25.7 Å². The summed E-state index contributed by atoms with van der Waals surface area (Å²) in [5.74, 6) is 1.62. The molecule has 1 aromatic rings. The number of nitrogens with zero attached hydrogens (tertiary/aromatic N) is 2. The first-order chi connectivity index (χ1) is 7.68. The summed E-state index contributed by atoms with van der Waals surface area (Å²) in [5, 5.41) is 7.61. The average molecular weight is 224 g/mol. The van der Waals surface area contributed by atoms with Crippen molar-refractivity contribution in [3.8, 4) is 0 Å². The molecule has 16 heavy (non-hydrogen) atoms. The molecule has 0 aliphatic carbocycles. The molecule has 0 saturated carbocycles. The third-order valence-electron chi connectivity index (χ3n) is 3.14. The second kappa shape index (κ2) is 4.74. The molecule has 0 spiro atoms. The van der Waals surface area contributed by atoms with Gasteiger partial charge in [0.05, 0.1) is 11.4 Å². The van der Waals surface area contributed by atoms with Crippen LogP contribution in [0.3, 0.4) is 0 Å². The van der Waals surface area contributed by atoms with Gasteiger partial charge in [0.15, 0.2) is 0 Å². The van der Waals surface area contributed by atoms with Gasteiger partial charge in [-0.15, -0.1) is 0 Å². The summed E-state index contributed by atoms with van der Waals surface area (Å²) in [6.07, 6.45) is 2.31. The number of aryl methyl sites for hydroxylation is 2. The monoisotopic (exact) mass is 224 g/mol. The van der Waals surface area contributed by atoms with Crippen molar-refractivity contribution in [3.63, 3.8) is 0 Å². The molecule has 5 nitrogen and oxygen atoms in total. The van der Waals surface area contributed by atoms with Crippen LogP contribution in [0.15, 0.2) is 0 Å². The molecule has 1 aliphatic rings. The number of hydrogen-bond acceptors (Lipinski definition) is 4. The number of nitrogens with one attached hydrogen (secondary N) is 1. The summed E-state index contributed by atoms with van der Waals surface area (Å²) < 4.78 is 7.14. The van der Waals surface area contributed by atoms with Crippen molar-refractivity contribution in [2.75, 3.05) is 30.8 Å². The first kappa shape index (κ1) is 11.3. The van der Waals surface area contributed by atoms with Gasteiger partial charge in [0, 0.05) is 26.8 Å². The number of nitrogens with two attached hydrogens (primary N) is 1. The lowest BCUT2D eigenvalue weighted by Gasteiger charge is -2.10. The van der Waals surface area contributed by atoms with Crippen LogP contribution in [0.25, 0.3) is 0 Å². The Kier molecular flexibility index (Phi) is 3.33. The number of rotatable bonds is 4. The minimum atomic E-state index is 0.697. The molecule has 0 radical (unpaired) electrons. The van der Waals surface area contributed by atoms with Gasteiger partial charge in [-0.2, -0.15) is 5.10 Å². The first-order valence-electron chi connectivity index (χ1n) is 5.79. The SMILES string of the molecule is Cc1nn(C)c(NCCC2CCOC2)c1N. The van der Waals surface area contributed by atoms with Gasteiger partial charge in [0.1, 0.15) is 5.82 Å². The zero-order chi connectivity index (χ0) is 11.5. The fourth-order valence-corrected chi connectivity index (χ4v) is 2.09. The van der Waals surface area contributed by atoms with E-state index in [1.165, 1.54) is 6.42 Å². The Bertz CT molecular complexity index is 355. The average Bonchev–Trinajstić information content (AvgIpc) is 2.82. The van der Waals surface area contributed by atoms with Crippen LogP contribution >= 0.6 is 0 Å². The fourth-order valence-electron chi connectivity index (χ4n) is 2.09. The molecular weight excluding hydrogens is 204 g/mol. The third-order valence-corrected chi connectivity index (χ3v) is 3.14. The van der Waals surface area contributed by atoms with Crippen molar-refractivity contribution in [1.82, 2.24) is 9.78 Å². The van der Waals surface area contributed by atoms with Gasteiger partial charge in [0.2, 0.25) is 0 Å². The van der Waals surface area contributed by atoms with Crippen LogP contribution in [-0.4, -0.2) is 29.5 Å². The van der Waals surface area contributed by atoms with E-state index in [0.29, 0.717) is 5.92 Å². The van der Waals surface area contributed by atoms with E-state index in [1.807, 2.05) is 14.0 Å². The zero-order valence-electron chi connectivity index (χ0n) is 9.99. The summed E-state index contributed by atoms with van der Waals surface area (Å²) in [6.45, 7) is 4.67. The Balaban J connectivity index is 1.84. The summed E-state index contributed by atoms with van der Waals surface area (Å²) in [6, 6.07) is 0. The van der Waals surface area contributed by atoms with E-state index in [4.69, 9.17) is 10.5 Å². The Morgan fingerprint density at radius 2 is 2.44 bits per heavy atom. The number of hydrogen-bond donors (Lipinski definition) is 2. The van der Waals surface area contributed by atoms with E-state index in [-0.39, 0.29) is 0 Å². The molecule has 3 N–H and O–H groups in total. The number of ether oxygens (including phenoxy) is 1. The molecule has 1 atom stereocenters. The molecule has 1 unspecified atom stereocenters. The number of nitrogen functional groups attached to an aromatic ring is 1. The summed E-state index contributed by atoms with van der Waals surface area (Å²) in [5.41, 5.74) is 7.57. The molecule has 2 heterocycles. The van der Waals surface area contributed by atoms with E-state index in [0.717, 1.165) is 43.4 Å². The minimum Gasteiger partial charge on any atom is -0.394 e. The van der Waals surface area contributed by atoms with Gasteiger partial charge in [-0.25, -0.2) is 0 Å². The van der Waals surface area contributed by atoms with E-state index >= 15 is 0 Å². The lowest BCUT2D eigenvalue weighted by atomic mass is 10.1. The van der Waals surface area contributed by atoms with E-state index < -0.39 is 0 Å². The summed E-state index contributed by atoms with van der Waals surface area (Å²) in [4.78, 5) is 0. The van der Waals surface area contributed by atoms with Crippen LogP contribution in [0.5, 0.6) is 0 Å². The Morgan fingerprint density at radius 1 is 1.62 bits per heavy atom. The summed E-state index contributed by atoms with van der Waals surface area (Å²) >= 11 is 0. The standard InChI is InChI=1S/C11H20N4O/c1-8-10(12)11(15(2)14-8)13-5-3-9-4-6-16-7-9/h9,13H,3-7,12H2,1-2H3. The molecule has 1 saturated heterocycles. The van der Waals surface area contributed by atoms with Gasteiger partial charge in [-0.3, -0.25) is 4.68 Å². The lowest BCUT2D eigenvalue weighted by Crippen LogP contribution is -2.12. The largest absolute Gasteiger partial charge is 0.394 e. The Labute approximate surface area is 96.0 Å². The van der Waals surface area contributed by atoms with Gasteiger partial charge in [0.25, 0.3) is 0 Å². The van der Waals surface area contributed by atoms with Gasteiger partial charge >= 0.3 is 0 Å². The molecule has 2 rings (SSSR count). The summed E-state index contributed by atoms with van der Waals surface area (Å²) in [7, 11) is 1.91. The highest BCUT2D eigenvalue weighted by Crippen LogP contribution is 2.22. The highest BCUT2D eigenvalue weighted by Gasteiger charge is 2.15. The molecule has 1 fully saturated rings. The molecule has 0 bridgehead atoms. The Morgan fingerprint density at radius 3 is 3.00 bits per heavy atom. The van der Waals surface area contributed by atoms with Gasteiger partial charge in [-0.1, -0.05) is 0 Å². The van der Waals surface area contributed by atoms with Crippen LogP contribution in [0, 0.1) is 12.8 Å². The highest BCUT2D eigenvalue weighted by atomic mass is 16.5. The zero-order valence-corrected chi connectivity index (χ0v) is 9.99. The fraction of sp³-hybridized carbons (Fsp3) is 0.727. The quantitative estimate of drug-likeness (QED) is 0.805.